The summed E-state index contributed by atoms with van der Waals surface area (Å²) in [6.07, 6.45) is 0.571. The Kier molecular flexibility index (Phi) is 7.43. The first-order chi connectivity index (χ1) is 17.9. The Morgan fingerprint density at radius 2 is 1.81 bits per heavy atom. The predicted molar refractivity (Wildman–Crippen MR) is 139 cm³/mol. The fraction of sp³-hybridized carbons (Fsp3) is 0.464. The number of rotatable bonds is 7. The van der Waals surface area contributed by atoms with Gasteiger partial charge in [-0.05, 0) is 54.3 Å². The third-order valence-corrected chi connectivity index (χ3v) is 7.35. The summed E-state index contributed by atoms with van der Waals surface area (Å²) in [5.41, 5.74) is 5.15. The number of carbonyl (C=O) groups excluding carboxylic acids is 2. The van der Waals surface area contributed by atoms with Crippen LogP contribution in [-0.2, 0) is 14.3 Å². The lowest BCUT2D eigenvalue weighted by atomic mass is 9.96. The van der Waals surface area contributed by atoms with E-state index in [9.17, 15) is 9.59 Å². The van der Waals surface area contributed by atoms with Gasteiger partial charge in [-0.1, -0.05) is 18.2 Å². The average molecular weight is 507 g/mol. The van der Waals surface area contributed by atoms with Gasteiger partial charge in [0.2, 0.25) is 12.7 Å². The molecule has 37 heavy (non-hydrogen) atoms. The summed E-state index contributed by atoms with van der Waals surface area (Å²) in [7, 11) is 0. The monoisotopic (exact) mass is 506 g/mol. The quantitative estimate of drug-likeness (QED) is 0.574. The highest BCUT2D eigenvalue weighted by Gasteiger charge is 2.35. The number of fused-ring (bicyclic) bond motifs is 1. The fourth-order valence-corrected chi connectivity index (χ4v) is 4.89. The Morgan fingerprint density at radius 3 is 2.57 bits per heavy atom. The van der Waals surface area contributed by atoms with Gasteiger partial charge >= 0.3 is 0 Å². The number of carbonyl (C=O) groups is 2. The van der Waals surface area contributed by atoms with Crippen LogP contribution in [0.5, 0.6) is 11.5 Å². The lowest BCUT2D eigenvalue weighted by molar-refractivity contribution is -0.140. The third kappa shape index (κ3) is 5.62. The largest absolute Gasteiger partial charge is 0.454 e. The molecule has 0 unspecified atom stereocenters. The normalized spacial score (nSPS) is 19.2. The Labute approximate surface area is 217 Å². The Morgan fingerprint density at radius 1 is 1.03 bits per heavy atom. The van der Waals surface area contributed by atoms with Crippen molar-refractivity contribution in [2.45, 2.75) is 33.2 Å². The first kappa shape index (κ1) is 25.2. The number of hydrazone groups is 1. The molecule has 0 saturated carbocycles. The van der Waals surface area contributed by atoms with Crippen molar-refractivity contribution in [3.05, 3.63) is 58.7 Å². The Hall–Kier alpha value is -3.43. The molecule has 9 nitrogen and oxygen atoms in total. The molecule has 0 N–H and O–H groups in total. The SMILES string of the molecule is CC(=O)N(CCN1CCOCC1)CC(=O)N1N=C(c2ccc(C)c(C)c2)C[C@H]1c1ccc2c(c1)OCO2. The van der Waals surface area contributed by atoms with Crippen molar-refractivity contribution in [1.29, 1.82) is 0 Å². The van der Waals surface area contributed by atoms with Crippen LogP contribution in [-0.4, -0.2) is 85.1 Å². The number of aryl methyl sites for hydroxylation is 2. The molecular weight excluding hydrogens is 472 g/mol. The molecule has 2 aromatic carbocycles. The van der Waals surface area contributed by atoms with Crippen LogP contribution < -0.4 is 9.47 Å². The van der Waals surface area contributed by atoms with E-state index in [1.54, 1.807) is 9.91 Å². The van der Waals surface area contributed by atoms with E-state index in [0.29, 0.717) is 44.2 Å². The molecule has 196 valence electrons. The highest BCUT2D eigenvalue weighted by Crippen LogP contribution is 2.39. The number of ether oxygens (including phenoxy) is 3. The van der Waals surface area contributed by atoms with E-state index in [1.807, 2.05) is 18.2 Å². The van der Waals surface area contributed by atoms with Gasteiger partial charge in [-0.15, -0.1) is 0 Å². The van der Waals surface area contributed by atoms with E-state index in [1.165, 1.54) is 18.1 Å². The maximum atomic E-state index is 13.7. The summed E-state index contributed by atoms with van der Waals surface area (Å²) in [4.78, 5) is 30.0. The summed E-state index contributed by atoms with van der Waals surface area (Å²) in [5.74, 6) is 1.03. The van der Waals surface area contributed by atoms with Crippen LogP contribution in [0.4, 0.5) is 0 Å². The van der Waals surface area contributed by atoms with Gasteiger partial charge in [0.05, 0.1) is 25.0 Å². The molecule has 3 aliphatic rings. The number of morpholine rings is 1. The molecule has 1 saturated heterocycles. The molecule has 0 spiro atoms. The summed E-state index contributed by atoms with van der Waals surface area (Å²) < 4.78 is 16.5. The van der Waals surface area contributed by atoms with Crippen LogP contribution in [0.15, 0.2) is 41.5 Å². The highest BCUT2D eigenvalue weighted by atomic mass is 16.7. The zero-order valence-corrected chi connectivity index (χ0v) is 21.7. The molecule has 1 fully saturated rings. The van der Waals surface area contributed by atoms with Gasteiger partial charge in [-0.3, -0.25) is 14.5 Å². The smallest absolute Gasteiger partial charge is 0.262 e. The van der Waals surface area contributed by atoms with Gasteiger partial charge in [-0.2, -0.15) is 5.10 Å². The van der Waals surface area contributed by atoms with Crippen molar-refractivity contribution >= 4 is 17.5 Å². The summed E-state index contributed by atoms with van der Waals surface area (Å²) in [5, 5.41) is 6.35. The molecule has 1 atom stereocenters. The molecule has 5 rings (SSSR count). The van der Waals surface area contributed by atoms with Crippen molar-refractivity contribution in [2.24, 2.45) is 5.10 Å². The minimum atomic E-state index is -0.299. The standard InChI is InChI=1S/C28H34N4O5/c1-19-4-5-22(14-20(19)2)24-16-25(23-6-7-26-27(15-23)37-18-36-26)32(29-24)28(34)17-31(21(3)33)9-8-30-10-12-35-13-11-30/h4-7,14-15,25H,8-13,16-18H2,1-3H3/t25-/m0/s1. The molecule has 0 aromatic heterocycles. The second-order valence-corrected chi connectivity index (χ2v) is 9.81. The first-order valence-corrected chi connectivity index (χ1v) is 12.8. The minimum Gasteiger partial charge on any atom is -0.454 e. The van der Waals surface area contributed by atoms with E-state index < -0.39 is 0 Å². The summed E-state index contributed by atoms with van der Waals surface area (Å²) in [6.45, 7) is 10.1. The average Bonchev–Trinajstić information content (AvgIpc) is 3.55. The zero-order chi connectivity index (χ0) is 25.9. The summed E-state index contributed by atoms with van der Waals surface area (Å²) in [6, 6.07) is 11.7. The van der Waals surface area contributed by atoms with Crippen LogP contribution in [0.1, 0.15) is 41.6 Å². The maximum Gasteiger partial charge on any atom is 0.262 e. The van der Waals surface area contributed by atoms with E-state index in [0.717, 1.165) is 29.9 Å². The number of benzene rings is 2. The van der Waals surface area contributed by atoms with Crippen molar-refractivity contribution in [1.82, 2.24) is 14.8 Å². The number of hydrogen-bond acceptors (Lipinski definition) is 7. The van der Waals surface area contributed by atoms with Crippen LogP contribution >= 0.6 is 0 Å². The number of hydrogen-bond donors (Lipinski definition) is 0. The molecule has 0 radical (unpaired) electrons. The van der Waals surface area contributed by atoms with E-state index in [2.05, 4.69) is 36.9 Å². The van der Waals surface area contributed by atoms with Crippen molar-refractivity contribution in [2.75, 3.05) is 52.7 Å². The van der Waals surface area contributed by atoms with Crippen molar-refractivity contribution < 1.29 is 23.8 Å². The van der Waals surface area contributed by atoms with Crippen LogP contribution in [0.25, 0.3) is 0 Å². The van der Waals surface area contributed by atoms with Gasteiger partial charge in [0.15, 0.2) is 11.5 Å². The second-order valence-electron chi connectivity index (χ2n) is 9.81. The Balaban J connectivity index is 1.38. The summed E-state index contributed by atoms with van der Waals surface area (Å²) >= 11 is 0. The minimum absolute atomic E-state index is 0.0234. The zero-order valence-electron chi connectivity index (χ0n) is 21.7. The van der Waals surface area contributed by atoms with Gasteiger partial charge < -0.3 is 19.1 Å². The Bertz CT molecular complexity index is 1210. The van der Waals surface area contributed by atoms with Crippen molar-refractivity contribution in [3.8, 4) is 11.5 Å². The van der Waals surface area contributed by atoms with E-state index in [-0.39, 0.29) is 31.2 Å². The van der Waals surface area contributed by atoms with Gasteiger partial charge in [0, 0.05) is 39.5 Å². The van der Waals surface area contributed by atoms with E-state index in [4.69, 9.17) is 19.3 Å². The number of amides is 2. The third-order valence-electron chi connectivity index (χ3n) is 7.35. The van der Waals surface area contributed by atoms with Crippen LogP contribution in [0.2, 0.25) is 0 Å². The van der Waals surface area contributed by atoms with Crippen LogP contribution in [0, 0.1) is 13.8 Å². The van der Waals surface area contributed by atoms with Crippen molar-refractivity contribution in [3.63, 3.8) is 0 Å². The van der Waals surface area contributed by atoms with Gasteiger partial charge in [-0.25, -0.2) is 5.01 Å². The fourth-order valence-electron chi connectivity index (χ4n) is 4.89. The second kappa shape index (κ2) is 10.9. The predicted octanol–water partition coefficient (Wildman–Crippen LogP) is 2.89. The highest BCUT2D eigenvalue weighted by molar-refractivity contribution is 6.03. The molecule has 2 amide bonds. The molecule has 3 aliphatic heterocycles. The molecular formula is C28H34N4O5. The molecule has 9 heteroatoms. The molecule has 2 aromatic rings. The van der Waals surface area contributed by atoms with Gasteiger partial charge in [0.1, 0.15) is 6.54 Å². The lowest BCUT2D eigenvalue weighted by Crippen LogP contribution is -2.45. The van der Waals surface area contributed by atoms with Gasteiger partial charge in [0.25, 0.3) is 5.91 Å². The topological polar surface area (TPSA) is 83.9 Å². The number of nitrogens with zero attached hydrogens (tertiary/aromatic N) is 4. The lowest BCUT2D eigenvalue weighted by Gasteiger charge is -2.30. The first-order valence-electron chi connectivity index (χ1n) is 12.8. The van der Waals surface area contributed by atoms with E-state index >= 15 is 0 Å². The molecule has 0 aliphatic carbocycles. The molecule has 0 bridgehead atoms. The maximum absolute atomic E-state index is 13.7. The molecule has 3 heterocycles. The van der Waals surface area contributed by atoms with Crippen LogP contribution in [0.3, 0.4) is 0 Å².